The van der Waals surface area contributed by atoms with Gasteiger partial charge in [-0.1, -0.05) is 5.16 Å². The van der Waals surface area contributed by atoms with Crippen LogP contribution in [0.3, 0.4) is 0 Å². The number of hydrogen-bond donors (Lipinski definition) is 1. The average Bonchev–Trinajstić information content (AvgIpc) is 2.56. The zero-order valence-corrected chi connectivity index (χ0v) is 9.01. The molecule has 0 spiro atoms. The summed E-state index contributed by atoms with van der Waals surface area (Å²) in [6, 6.07) is 1.44. The van der Waals surface area contributed by atoms with Crippen molar-refractivity contribution in [3.63, 3.8) is 0 Å². The molecule has 1 aromatic rings. The zero-order valence-electron chi connectivity index (χ0n) is 7.44. The predicted molar refractivity (Wildman–Crippen MR) is 53.9 cm³/mol. The van der Waals surface area contributed by atoms with Crippen LogP contribution in [-0.2, 0) is 10.0 Å². The molecule has 1 N–H and O–H groups in total. The summed E-state index contributed by atoms with van der Waals surface area (Å²) in [5.41, 5.74) is 0. The van der Waals surface area contributed by atoms with E-state index in [0.29, 0.717) is 18.7 Å². The number of anilines is 1. The summed E-state index contributed by atoms with van der Waals surface area (Å²) >= 11 is 5.43. The molecule has 0 aliphatic rings. The molecule has 0 bridgehead atoms. The van der Waals surface area contributed by atoms with Gasteiger partial charge in [0.25, 0.3) is 0 Å². The molecule has 7 heteroatoms. The molecule has 1 rings (SSSR count). The summed E-state index contributed by atoms with van der Waals surface area (Å²) in [7, 11) is -3.31. The summed E-state index contributed by atoms with van der Waals surface area (Å²) in [4.78, 5) is 0. The van der Waals surface area contributed by atoms with Crippen molar-refractivity contribution in [1.82, 2.24) is 5.16 Å². The number of hydrogen-bond acceptors (Lipinski definition) is 4. The van der Waals surface area contributed by atoms with Gasteiger partial charge in [-0.15, -0.1) is 11.6 Å². The van der Waals surface area contributed by atoms with Crippen LogP contribution in [0, 0.1) is 0 Å². The second-order valence-electron chi connectivity index (χ2n) is 2.70. The Morgan fingerprint density at radius 3 is 2.86 bits per heavy atom. The Kier molecular flexibility index (Phi) is 4.21. The fourth-order valence-corrected chi connectivity index (χ4v) is 2.16. The first-order valence-corrected chi connectivity index (χ1v) is 6.29. The highest BCUT2D eigenvalue weighted by atomic mass is 35.5. The number of sulfonamides is 1. The van der Waals surface area contributed by atoms with Crippen LogP contribution in [0.25, 0.3) is 0 Å². The molecule has 0 saturated carbocycles. The summed E-state index contributed by atoms with van der Waals surface area (Å²) in [6.07, 6.45) is 2.52. The molecular formula is C7H11ClN2O3S. The zero-order chi connectivity index (χ0) is 10.4. The van der Waals surface area contributed by atoms with Crippen molar-refractivity contribution in [2.24, 2.45) is 0 Å². The van der Waals surface area contributed by atoms with Crippen molar-refractivity contribution in [3.05, 3.63) is 12.3 Å². The molecule has 1 heterocycles. The van der Waals surface area contributed by atoms with E-state index in [2.05, 4.69) is 14.4 Å². The van der Waals surface area contributed by atoms with Crippen molar-refractivity contribution in [2.75, 3.05) is 16.4 Å². The molecule has 0 aromatic carbocycles. The molecule has 0 fully saturated rings. The Balaban J connectivity index is 2.42. The Morgan fingerprint density at radius 1 is 1.50 bits per heavy atom. The predicted octanol–water partition coefficient (Wildman–Crippen LogP) is 1.44. The monoisotopic (exact) mass is 238 g/mol. The molecule has 1 aromatic heterocycles. The quantitative estimate of drug-likeness (QED) is 0.601. The van der Waals surface area contributed by atoms with E-state index < -0.39 is 10.0 Å². The minimum absolute atomic E-state index is 0.0482. The maximum atomic E-state index is 11.3. The first-order chi connectivity index (χ1) is 6.64. The third-order valence-electron chi connectivity index (χ3n) is 1.49. The van der Waals surface area contributed by atoms with E-state index >= 15 is 0 Å². The highest BCUT2D eigenvalue weighted by Gasteiger charge is 2.10. The number of unbranched alkanes of at least 4 members (excludes halogenated alkanes) is 1. The van der Waals surface area contributed by atoms with Crippen LogP contribution < -0.4 is 4.72 Å². The number of alkyl halides is 1. The van der Waals surface area contributed by atoms with Crippen LogP contribution in [-0.4, -0.2) is 25.2 Å². The minimum atomic E-state index is -3.31. The van der Waals surface area contributed by atoms with Gasteiger partial charge in [0.15, 0.2) is 5.82 Å². The first-order valence-electron chi connectivity index (χ1n) is 4.11. The van der Waals surface area contributed by atoms with Gasteiger partial charge in [0.05, 0.1) is 5.75 Å². The van der Waals surface area contributed by atoms with E-state index in [9.17, 15) is 8.42 Å². The molecule has 0 saturated heterocycles. The highest BCUT2D eigenvalue weighted by molar-refractivity contribution is 7.92. The summed E-state index contributed by atoms with van der Waals surface area (Å²) < 4.78 is 29.4. The van der Waals surface area contributed by atoms with Crippen molar-refractivity contribution in [1.29, 1.82) is 0 Å². The number of aromatic nitrogens is 1. The average molecular weight is 239 g/mol. The maximum absolute atomic E-state index is 11.3. The fourth-order valence-electron chi connectivity index (χ4n) is 0.862. The van der Waals surface area contributed by atoms with Gasteiger partial charge in [-0.3, -0.25) is 4.72 Å². The SMILES string of the molecule is O=S(=O)(CCCCCl)Nc1ccon1. The van der Waals surface area contributed by atoms with Gasteiger partial charge in [0, 0.05) is 11.9 Å². The lowest BCUT2D eigenvalue weighted by atomic mass is 10.4. The fraction of sp³-hybridized carbons (Fsp3) is 0.571. The third-order valence-corrected chi connectivity index (χ3v) is 3.11. The van der Waals surface area contributed by atoms with Crippen molar-refractivity contribution >= 4 is 27.4 Å². The topological polar surface area (TPSA) is 72.2 Å². The van der Waals surface area contributed by atoms with Crippen molar-refractivity contribution in [2.45, 2.75) is 12.8 Å². The van der Waals surface area contributed by atoms with Crippen LogP contribution in [0.15, 0.2) is 16.9 Å². The first kappa shape index (κ1) is 11.3. The summed E-state index contributed by atoms with van der Waals surface area (Å²) in [5, 5.41) is 3.44. The lowest BCUT2D eigenvalue weighted by molar-refractivity contribution is 0.423. The van der Waals surface area contributed by atoms with E-state index in [4.69, 9.17) is 11.6 Å². The van der Waals surface area contributed by atoms with Crippen LogP contribution in [0.2, 0.25) is 0 Å². The van der Waals surface area contributed by atoms with Gasteiger partial charge in [0.1, 0.15) is 6.26 Å². The Morgan fingerprint density at radius 2 is 2.29 bits per heavy atom. The van der Waals surface area contributed by atoms with Crippen LogP contribution in [0.4, 0.5) is 5.82 Å². The van der Waals surface area contributed by atoms with Gasteiger partial charge in [-0.2, -0.15) is 0 Å². The molecule has 14 heavy (non-hydrogen) atoms. The molecule has 0 unspecified atom stereocenters. The summed E-state index contributed by atoms with van der Waals surface area (Å²) in [5.74, 6) is 0.724. The Labute approximate surface area is 87.5 Å². The third kappa shape index (κ3) is 3.97. The molecule has 5 nitrogen and oxygen atoms in total. The van der Waals surface area contributed by atoms with Gasteiger partial charge in [-0.25, -0.2) is 8.42 Å². The largest absolute Gasteiger partial charge is 0.363 e. The molecule has 0 aliphatic carbocycles. The van der Waals surface area contributed by atoms with Gasteiger partial charge < -0.3 is 4.52 Å². The lowest BCUT2D eigenvalue weighted by Gasteiger charge is -2.02. The van der Waals surface area contributed by atoms with Gasteiger partial charge in [-0.05, 0) is 12.8 Å². The van der Waals surface area contributed by atoms with Crippen LogP contribution in [0.5, 0.6) is 0 Å². The Hall–Kier alpha value is -0.750. The second-order valence-corrected chi connectivity index (χ2v) is 4.92. The molecule has 0 atom stereocenters. The maximum Gasteiger partial charge on any atom is 0.233 e. The van der Waals surface area contributed by atoms with Crippen molar-refractivity contribution in [3.8, 4) is 0 Å². The van der Waals surface area contributed by atoms with E-state index in [1.165, 1.54) is 12.3 Å². The number of halogens is 1. The normalized spacial score (nSPS) is 11.5. The Bertz CT molecular complexity index is 349. The molecule has 0 amide bonds. The number of rotatable bonds is 6. The van der Waals surface area contributed by atoms with E-state index in [1.807, 2.05) is 0 Å². The smallest absolute Gasteiger partial charge is 0.233 e. The van der Waals surface area contributed by atoms with E-state index in [1.54, 1.807) is 0 Å². The van der Waals surface area contributed by atoms with Crippen LogP contribution in [0.1, 0.15) is 12.8 Å². The molecule has 0 aliphatic heterocycles. The molecular weight excluding hydrogens is 228 g/mol. The number of nitrogens with zero attached hydrogens (tertiary/aromatic N) is 1. The minimum Gasteiger partial charge on any atom is -0.363 e. The van der Waals surface area contributed by atoms with Gasteiger partial charge >= 0.3 is 0 Å². The molecule has 0 radical (unpaired) electrons. The molecule has 80 valence electrons. The lowest BCUT2D eigenvalue weighted by Crippen LogP contribution is -2.16. The van der Waals surface area contributed by atoms with Crippen LogP contribution >= 0.6 is 11.6 Å². The second kappa shape index (κ2) is 5.21. The summed E-state index contributed by atoms with van der Waals surface area (Å²) in [6.45, 7) is 0. The van der Waals surface area contributed by atoms with Gasteiger partial charge in [0.2, 0.25) is 10.0 Å². The van der Waals surface area contributed by atoms with E-state index in [0.717, 1.165) is 0 Å². The van der Waals surface area contributed by atoms with E-state index in [-0.39, 0.29) is 11.6 Å². The highest BCUT2D eigenvalue weighted by Crippen LogP contribution is 2.06. The number of nitrogens with one attached hydrogen (secondary N) is 1. The standard InChI is InChI=1S/C7H11ClN2O3S/c8-4-1-2-6-14(11,12)10-7-3-5-13-9-7/h3,5H,1-2,4,6H2,(H,9,10). The van der Waals surface area contributed by atoms with Crippen molar-refractivity contribution < 1.29 is 12.9 Å².